The van der Waals surface area contributed by atoms with Crippen molar-refractivity contribution in [2.24, 2.45) is 11.3 Å². The van der Waals surface area contributed by atoms with Crippen molar-refractivity contribution in [1.82, 2.24) is 0 Å². The first-order valence-electron chi connectivity index (χ1n) is 5.59. The van der Waals surface area contributed by atoms with Gasteiger partial charge < -0.3 is 0 Å². The summed E-state index contributed by atoms with van der Waals surface area (Å²) < 4.78 is 0. The lowest BCUT2D eigenvalue weighted by atomic mass is 9.66. The highest BCUT2D eigenvalue weighted by Gasteiger charge is 2.41. The minimum absolute atomic E-state index is 0.256. The predicted octanol–water partition coefficient (Wildman–Crippen LogP) is 3.14. The highest BCUT2D eigenvalue weighted by Crippen LogP contribution is 2.46. The lowest BCUT2D eigenvalue weighted by molar-refractivity contribution is -0.123. The minimum Gasteiger partial charge on any atom is -0.299 e. The van der Waals surface area contributed by atoms with Gasteiger partial charge in [0.05, 0.1) is 0 Å². The van der Waals surface area contributed by atoms with Crippen LogP contribution in [0.25, 0.3) is 0 Å². The fraction of sp³-hybridized carbons (Fsp3) is 0.833. The van der Waals surface area contributed by atoms with E-state index in [0.29, 0.717) is 11.7 Å². The Kier molecular flexibility index (Phi) is 2.44. The Morgan fingerprint density at radius 2 is 2.23 bits per heavy atom. The highest BCUT2D eigenvalue weighted by atomic mass is 16.1. The third kappa shape index (κ3) is 1.66. The Bertz CT molecular complexity index is 201. The molecule has 0 spiro atoms. The number of ketones is 1. The second kappa shape index (κ2) is 3.43. The molecule has 0 bridgehead atoms. The van der Waals surface area contributed by atoms with E-state index in [-0.39, 0.29) is 5.41 Å². The number of hydrogen-bond donors (Lipinski definition) is 0. The summed E-state index contributed by atoms with van der Waals surface area (Å²) in [6.45, 7) is 2.29. The van der Waals surface area contributed by atoms with Crippen LogP contribution < -0.4 is 0 Å². The van der Waals surface area contributed by atoms with Crippen molar-refractivity contribution in [2.75, 3.05) is 0 Å². The van der Waals surface area contributed by atoms with Gasteiger partial charge in [-0.3, -0.25) is 4.79 Å². The lowest BCUT2D eigenvalue weighted by Crippen LogP contribution is -2.32. The van der Waals surface area contributed by atoms with Crippen LogP contribution in [-0.2, 0) is 4.79 Å². The van der Waals surface area contributed by atoms with Gasteiger partial charge in [0, 0.05) is 12.3 Å². The van der Waals surface area contributed by atoms with E-state index in [4.69, 9.17) is 0 Å². The molecular formula is C12H19O. The first-order valence-corrected chi connectivity index (χ1v) is 5.59. The van der Waals surface area contributed by atoms with E-state index in [9.17, 15) is 4.79 Å². The van der Waals surface area contributed by atoms with Crippen LogP contribution in [0.1, 0.15) is 51.9 Å². The van der Waals surface area contributed by atoms with Crippen LogP contribution in [0.4, 0.5) is 0 Å². The number of rotatable bonds is 1. The second-order valence-electron chi connectivity index (χ2n) is 4.87. The number of carbonyl (C=O) groups excluding carboxylic acids is 1. The molecule has 2 saturated carbocycles. The third-order valence-electron chi connectivity index (χ3n) is 3.88. The molecule has 73 valence electrons. The summed E-state index contributed by atoms with van der Waals surface area (Å²) in [6, 6.07) is 0. The van der Waals surface area contributed by atoms with Crippen molar-refractivity contribution in [3.8, 4) is 0 Å². The van der Waals surface area contributed by atoms with Gasteiger partial charge in [-0.1, -0.05) is 19.8 Å². The molecule has 0 aromatic heterocycles. The van der Waals surface area contributed by atoms with Crippen molar-refractivity contribution in [1.29, 1.82) is 0 Å². The predicted molar refractivity (Wildman–Crippen MR) is 53.2 cm³/mol. The molecule has 1 unspecified atom stereocenters. The SMILES string of the molecule is C[C@@]1(C2CCCC2=O)[CH]CCCC1. The van der Waals surface area contributed by atoms with Crippen molar-refractivity contribution < 1.29 is 4.79 Å². The molecule has 0 aromatic carbocycles. The molecule has 0 amide bonds. The first-order chi connectivity index (χ1) is 6.22. The highest BCUT2D eigenvalue weighted by molar-refractivity contribution is 5.83. The van der Waals surface area contributed by atoms with Gasteiger partial charge in [0.15, 0.2) is 0 Å². The van der Waals surface area contributed by atoms with Gasteiger partial charge in [0.2, 0.25) is 0 Å². The molecular weight excluding hydrogens is 160 g/mol. The zero-order valence-corrected chi connectivity index (χ0v) is 8.51. The maximum absolute atomic E-state index is 11.7. The Labute approximate surface area is 80.9 Å². The summed E-state index contributed by atoms with van der Waals surface area (Å²) in [4.78, 5) is 11.7. The number of carbonyl (C=O) groups is 1. The summed E-state index contributed by atoms with van der Waals surface area (Å²) in [7, 11) is 0. The third-order valence-corrected chi connectivity index (χ3v) is 3.88. The van der Waals surface area contributed by atoms with Crippen LogP contribution in [0.15, 0.2) is 0 Å². The summed E-state index contributed by atoms with van der Waals surface area (Å²) in [5.41, 5.74) is 0.256. The van der Waals surface area contributed by atoms with Gasteiger partial charge >= 0.3 is 0 Å². The van der Waals surface area contributed by atoms with Crippen LogP contribution in [0.2, 0.25) is 0 Å². The Morgan fingerprint density at radius 3 is 2.77 bits per heavy atom. The topological polar surface area (TPSA) is 17.1 Å². The van der Waals surface area contributed by atoms with Crippen LogP contribution in [-0.4, -0.2) is 5.78 Å². The van der Waals surface area contributed by atoms with Crippen molar-refractivity contribution in [3.63, 3.8) is 0 Å². The Balaban J connectivity index is 2.07. The fourth-order valence-corrected chi connectivity index (χ4v) is 3.01. The van der Waals surface area contributed by atoms with Gasteiger partial charge in [0.1, 0.15) is 5.78 Å². The molecule has 1 nitrogen and oxygen atoms in total. The molecule has 2 atom stereocenters. The normalized spacial score (nSPS) is 33.6. The molecule has 2 aliphatic carbocycles. The molecule has 0 aromatic rings. The van der Waals surface area contributed by atoms with Crippen LogP contribution >= 0.6 is 0 Å². The monoisotopic (exact) mass is 179 g/mol. The largest absolute Gasteiger partial charge is 0.299 e. The molecule has 2 aliphatic rings. The Morgan fingerprint density at radius 1 is 1.38 bits per heavy atom. The van der Waals surface area contributed by atoms with E-state index in [1.807, 2.05) is 0 Å². The first kappa shape index (κ1) is 9.23. The molecule has 13 heavy (non-hydrogen) atoms. The van der Waals surface area contributed by atoms with Crippen LogP contribution in [0.3, 0.4) is 0 Å². The second-order valence-corrected chi connectivity index (χ2v) is 4.87. The summed E-state index contributed by atoms with van der Waals surface area (Å²) >= 11 is 0. The Hall–Kier alpha value is -0.330. The van der Waals surface area contributed by atoms with E-state index in [1.54, 1.807) is 0 Å². The molecule has 0 N–H and O–H groups in total. The fourth-order valence-electron chi connectivity index (χ4n) is 3.01. The minimum atomic E-state index is 0.256. The van der Waals surface area contributed by atoms with Gasteiger partial charge in [-0.15, -0.1) is 0 Å². The summed E-state index contributed by atoms with van der Waals surface area (Å²) in [6.07, 6.45) is 10.6. The average Bonchev–Trinajstić information content (AvgIpc) is 2.53. The maximum atomic E-state index is 11.7. The van der Waals surface area contributed by atoms with Crippen LogP contribution in [0.5, 0.6) is 0 Å². The summed E-state index contributed by atoms with van der Waals surface area (Å²) in [5, 5.41) is 0. The van der Waals surface area contributed by atoms with Crippen molar-refractivity contribution in [3.05, 3.63) is 6.42 Å². The number of Topliss-reactive ketones (excluding diaryl/α,β-unsaturated/α-hetero) is 1. The molecule has 2 rings (SSSR count). The van der Waals surface area contributed by atoms with E-state index < -0.39 is 0 Å². The molecule has 0 aliphatic heterocycles. The lowest BCUT2D eigenvalue weighted by Gasteiger charge is -2.37. The molecule has 2 fully saturated rings. The quantitative estimate of drug-likeness (QED) is 0.604. The average molecular weight is 179 g/mol. The number of hydrogen-bond acceptors (Lipinski definition) is 1. The molecule has 1 heteroatoms. The maximum Gasteiger partial charge on any atom is 0.136 e. The van der Waals surface area contributed by atoms with Gasteiger partial charge in [-0.2, -0.15) is 0 Å². The van der Waals surface area contributed by atoms with Crippen molar-refractivity contribution in [2.45, 2.75) is 51.9 Å². The molecule has 0 heterocycles. The van der Waals surface area contributed by atoms with E-state index in [0.717, 1.165) is 19.3 Å². The standard InChI is InChI=1S/C12H19O/c1-12(8-3-2-4-9-12)10-6-5-7-11(10)13/h8,10H,2-7,9H2,1H3/t10?,12-/m1/s1. The van der Waals surface area contributed by atoms with Gasteiger partial charge in [-0.25, -0.2) is 0 Å². The zero-order valence-electron chi connectivity index (χ0n) is 8.51. The van der Waals surface area contributed by atoms with E-state index in [2.05, 4.69) is 13.3 Å². The van der Waals surface area contributed by atoms with Gasteiger partial charge in [-0.05, 0) is 37.5 Å². The molecule has 1 radical (unpaired) electrons. The van der Waals surface area contributed by atoms with E-state index in [1.165, 1.54) is 25.7 Å². The van der Waals surface area contributed by atoms with Crippen LogP contribution in [0, 0.1) is 17.8 Å². The van der Waals surface area contributed by atoms with Gasteiger partial charge in [0.25, 0.3) is 0 Å². The molecule has 0 saturated heterocycles. The smallest absolute Gasteiger partial charge is 0.136 e. The van der Waals surface area contributed by atoms with Crippen molar-refractivity contribution >= 4 is 5.78 Å². The summed E-state index contributed by atoms with van der Waals surface area (Å²) in [5.74, 6) is 0.897. The van der Waals surface area contributed by atoms with E-state index >= 15 is 0 Å². The zero-order chi connectivity index (χ0) is 9.31.